The van der Waals surface area contributed by atoms with Crippen LogP contribution in [0, 0.1) is 5.82 Å². The zero-order valence-electron chi connectivity index (χ0n) is 15.3. The molecule has 0 radical (unpaired) electrons. The van der Waals surface area contributed by atoms with Gasteiger partial charge in [-0.2, -0.15) is 0 Å². The summed E-state index contributed by atoms with van der Waals surface area (Å²) in [6, 6.07) is 20.0. The van der Waals surface area contributed by atoms with E-state index >= 15 is 0 Å². The summed E-state index contributed by atoms with van der Waals surface area (Å²) in [4.78, 5) is 25.1. The van der Waals surface area contributed by atoms with Crippen LogP contribution in [0.1, 0.15) is 5.56 Å². The molecule has 0 atom stereocenters. The Kier molecular flexibility index (Phi) is 7.27. The van der Waals surface area contributed by atoms with Gasteiger partial charge in [-0.1, -0.05) is 29.8 Å². The molecule has 2 N–H and O–H groups in total. The Morgan fingerprint density at radius 2 is 1.55 bits per heavy atom. The Balaban J connectivity index is 1.50. The van der Waals surface area contributed by atoms with E-state index < -0.39 is 0 Å². The van der Waals surface area contributed by atoms with Gasteiger partial charge in [0.1, 0.15) is 5.82 Å². The highest BCUT2D eigenvalue weighted by Crippen LogP contribution is 2.22. The minimum atomic E-state index is -0.354. The summed E-state index contributed by atoms with van der Waals surface area (Å²) in [6.07, 6.45) is 0.245. The maximum atomic E-state index is 12.9. The van der Waals surface area contributed by atoms with Crippen molar-refractivity contribution in [2.75, 3.05) is 16.4 Å². The van der Waals surface area contributed by atoms with E-state index in [0.717, 1.165) is 10.5 Å². The number of hydrogen-bond acceptors (Lipinski definition) is 3. The van der Waals surface area contributed by atoms with Crippen LogP contribution >= 0.6 is 23.4 Å². The van der Waals surface area contributed by atoms with E-state index in [1.54, 1.807) is 18.2 Å². The van der Waals surface area contributed by atoms with Crippen LogP contribution in [-0.2, 0) is 16.0 Å². The fourth-order valence-corrected chi connectivity index (χ4v) is 3.42. The molecule has 2 amide bonds. The molecule has 0 spiro atoms. The molecule has 3 aromatic carbocycles. The third kappa shape index (κ3) is 6.93. The van der Waals surface area contributed by atoms with Crippen LogP contribution in [-0.4, -0.2) is 17.6 Å². The van der Waals surface area contributed by atoms with Crippen molar-refractivity contribution >= 4 is 46.6 Å². The van der Waals surface area contributed by atoms with Crippen molar-refractivity contribution in [2.45, 2.75) is 11.3 Å². The molecule has 0 saturated heterocycles. The predicted molar refractivity (Wildman–Crippen MR) is 116 cm³/mol. The highest BCUT2D eigenvalue weighted by atomic mass is 35.5. The number of nitrogens with one attached hydrogen (secondary N) is 2. The summed E-state index contributed by atoms with van der Waals surface area (Å²) in [6.45, 7) is 0. The van der Waals surface area contributed by atoms with E-state index in [4.69, 9.17) is 11.6 Å². The number of halogens is 2. The quantitative estimate of drug-likeness (QED) is 0.496. The van der Waals surface area contributed by atoms with E-state index in [1.807, 2.05) is 30.3 Å². The summed E-state index contributed by atoms with van der Waals surface area (Å²) in [7, 11) is 0. The number of rotatable bonds is 7. The van der Waals surface area contributed by atoms with Crippen molar-refractivity contribution in [3.63, 3.8) is 0 Å². The zero-order chi connectivity index (χ0) is 20.6. The SMILES string of the molecule is O=C(CSc1cccc(NC(=O)Cc2ccc(Cl)cc2)c1)Nc1ccc(F)cc1. The minimum absolute atomic E-state index is 0.136. The topological polar surface area (TPSA) is 58.2 Å². The van der Waals surface area contributed by atoms with Crippen LogP contribution in [0.15, 0.2) is 77.7 Å². The van der Waals surface area contributed by atoms with Crippen molar-refractivity contribution in [1.82, 2.24) is 0 Å². The molecule has 0 aliphatic carbocycles. The molecular weight excluding hydrogens is 411 g/mol. The largest absolute Gasteiger partial charge is 0.326 e. The van der Waals surface area contributed by atoms with Gasteiger partial charge >= 0.3 is 0 Å². The minimum Gasteiger partial charge on any atom is -0.326 e. The standard InChI is InChI=1S/C22H18ClFN2O2S/c23-16-6-4-15(5-7-16)12-21(27)26-19-2-1-3-20(13-19)29-14-22(28)25-18-10-8-17(24)9-11-18/h1-11,13H,12,14H2,(H,25,28)(H,26,27). The smallest absolute Gasteiger partial charge is 0.234 e. The molecule has 0 aromatic heterocycles. The predicted octanol–water partition coefficient (Wildman–Crippen LogP) is 5.39. The van der Waals surface area contributed by atoms with Crippen molar-refractivity contribution in [3.8, 4) is 0 Å². The lowest BCUT2D eigenvalue weighted by Crippen LogP contribution is -2.15. The summed E-state index contributed by atoms with van der Waals surface area (Å²) in [5.41, 5.74) is 2.07. The second-order valence-electron chi connectivity index (χ2n) is 6.22. The molecule has 3 aromatic rings. The van der Waals surface area contributed by atoms with Crippen LogP contribution < -0.4 is 10.6 Å². The lowest BCUT2D eigenvalue weighted by molar-refractivity contribution is -0.115. The Bertz CT molecular complexity index is 994. The number of carbonyl (C=O) groups is 2. The molecule has 7 heteroatoms. The van der Waals surface area contributed by atoms with Gasteiger partial charge in [-0.05, 0) is 60.2 Å². The molecule has 0 saturated carbocycles. The molecule has 29 heavy (non-hydrogen) atoms. The first kappa shape index (κ1) is 20.9. The molecule has 3 rings (SSSR count). The van der Waals surface area contributed by atoms with Crippen LogP contribution in [0.25, 0.3) is 0 Å². The Morgan fingerprint density at radius 1 is 0.862 bits per heavy atom. The second-order valence-corrected chi connectivity index (χ2v) is 7.71. The third-order valence-electron chi connectivity index (χ3n) is 3.89. The highest BCUT2D eigenvalue weighted by molar-refractivity contribution is 8.00. The molecule has 0 aliphatic rings. The summed E-state index contributed by atoms with van der Waals surface area (Å²) >= 11 is 7.20. The number of anilines is 2. The van der Waals surface area contributed by atoms with Gasteiger partial charge < -0.3 is 10.6 Å². The lowest BCUT2D eigenvalue weighted by atomic mass is 10.1. The first-order valence-corrected chi connectivity index (χ1v) is 10.2. The lowest BCUT2D eigenvalue weighted by Gasteiger charge is -2.08. The highest BCUT2D eigenvalue weighted by Gasteiger charge is 2.07. The van der Waals surface area contributed by atoms with Crippen molar-refractivity contribution in [3.05, 3.63) is 89.2 Å². The van der Waals surface area contributed by atoms with Crippen LogP contribution in [0.2, 0.25) is 5.02 Å². The summed E-state index contributed by atoms with van der Waals surface area (Å²) < 4.78 is 12.9. The third-order valence-corrected chi connectivity index (χ3v) is 5.14. The van der Waals surface area contributed by atoms with E-state index in [0.29, 0.717) is 16.4 Å². The Hall–Kier alpha value is -2.83. The van der Waals surface area contributed by atoms with Gasteiger partial charge in [0.2, 0.25) is 11.8 Å². The number of thioether (sulfide) groups is 1. The van der Waals surface area contributed by atoms with Crippen LogP contribution in [0.5, 0.6) is 0 Å². The van der Waals surface area contributed by atoms with Gasteiger partial charge in [0.25, 0.3) is 0 Å². The van der Waals surface area contributed by atoms with Gasteiger partial charge in [0.15, 0.2) is 0 Å². The average Bonchev–Trinajstić information content (AvgIpc) is 2.70. The van der Waals surface area contributed by atoms with E-state index in [1.165, 1.54) is 36.0 Å². The van der Waals surface area contributed by atoms with Crippen LogP contribution in [0.4, 0.5) is 15.8 Å². The molecule has 0 aliphatic heterocycles. The van der Waals surface area contributed by atoms with Gasteiger partial charge in [-0.15, -0.1) is 11.8 Å². The van der Waals surface area contributed by atoms with Crippen molar-refractivity contribution < 1.29 is 14.0 Å². The Morgan fingerprint density at radius 3 is 2.28 bits per heavy atom. The molecule has 0 unspecified atom stereocenters. The molecule has 0 fully saturated rings. The maximum Gasteiger partial charge on any atom is 0.234 e. The van der Waals surface area contributed by atoms with E-state index in [2.05, 4.69) is 10.6 Å². The molecular formula is C22H18ClFN2O2S. The fourth-order valence-electron chi connectivity index (χ4n) is 2.54. The molecule has 0 bridgehead atoms. The average molecular weight is 429 g/mol. The van der Waals surface area contributed by atoms with Gasteiger partial charge in [0, 0.05) is 21.3 Å². The maximum absolute atomic E-state index is 12.9. The monoisotopic (exact) mass is 428 g/mol. The molecule has 148 valence electrons. The molecule has 0 heterocycles. The van der Waals surface area contributed by atoms with Crippen molar-refractivity contribution in [1.29, 1.82) is 0 Å². The first-order chi connectivity index (χ1) is 14.0. The Labute approximate surface area is 177 Å². The number of hydrogen-bond donors (Lipinski definition) is 2. The number of carbonyl (C=O) groups excluding carboxylic acids is 2. The zero-order valence-corrected chi connectivity index (χ0v) is 16.9. The number of amides is 2. The van der Waals surface area contributed by atoms with Gasteiger partial charge in [-0.25, -0.2) is 4.39 Å². The van der Waals surface area contributed by atoms with E-state index in [9.17, 15) is 14.0 Å². The van der Waals surface area contributed by atoms with Crippen molar-refractivity contribution in [2.24, 2.45) is 0 Å². The normalized spacial score (nSPS) is 10.4. The summed E-state index contributed by atoms with van der Waals surface area (Å²) in [5.74, 6) is -0.492. The molecule has 4 nitrogen and oxygen atoms in total. The second kappa shape index (κ2) is 10.1. The summed E-state index contributed by atoms with van der Waals surface area (Å²) in [5, 5.41) is 6.20. The van der Waals surface area contributed by atoms with Gasteiger partial charge in [-0.3, -0.25) is 9.59 Å². The van der Waals surface area contributed by atoms with E-state index in [-0.39, 0.29) is 29.8 Å². The van der Waals surface area contributed by atoms with Crippen LogP contribution in [0.3, 0.4) is 0 Å². The fraction of sp³-hybridized carbons (Fsp3) is 0.0909. The number of benzene rings is 3. The van der Waals surface area contributed by atoms with Gasteiger partial charge in [0.05, 0.1) is 12.2 Å². The first-order valence-electron chi connectivity index (χ1n) is 8.80.